The first-order valence-electron chi connectivity index (χ1n) is 7.56. The highest BCUT2D eigenvalue weighted by Gasteiger charge is 2.05. The van der Waals surface area contributed by atoms with Crippen LogP contribution in [0.25, 0.3) is 6.08 Å². The van der Waals surface area contributed by atoms with E-state index in [2.05, 4.69) is 10.9 Å². The first-order chi connectivity index (χ1) is 11.5. The number of ether oxygens (including phenoxy) is 1. The number of carbonyl (C=O) groups excluding carboxylic acids is 2. The number of amides is 2. The molecule has 24 heavy (non-hydrogen) atoms. The maximum absolute atomic E-state index is 11.7. The number of benzene rings is 2. The second-order valence-electron chi connectivity index (χ2n) is 5.34. The second-order valence-corrected chi connectivity index (χ2v) is 5.34. The van der Waals surface area contributed by atoms with E-state index in [1.54, 1.807) is 12.1 Å². The van der Waals surface area contributed by atoms with Gasteiger partial charge in [-0.05, 0) is 37.1 Å². The van der Waals surface area contributed by atoms with Gasteiger partial charge >= 0.3 is 0 Å². The summed E-state index contributed by atoms with van der Waals surface area (Å²) < 4.78 is 5.39. The van der Waals surface area contributed by atoms with Crippen LogP contribution in [-0.4, -0.2) is 18.4 Å². The van der Waals surface area contributed by atoms with Gasteiger partial charge in [-0.15, -0.1) is 0 Å². The molecular weight excluding hydrogens is 304 g/mol. The Kier molecular flexibility index (Phi) is 6.14. The predicted octanol–water partition coefficient (Wildman–Crippen LogP) is 2.54. The quantitative estimate of drug-likeness (QED) is 0.656. The van der Waals surface area contributed by atoms with E-state index in [-0.39, 0.29) is 6.61 Å². The number of para-hydroxylation sites is 1. The topological polar surface area (TPSA) is 67.4 Å². The fourth-order valence-corrected chi connectivity index (χ4v) is 1.92. The highest BCUT2D eigenvalue weighted by molar-refractivity contribution is 5.93. The Bertz CT molecular complexity index is 737. The molecule has 0 aliphatic rings. The molecule has 0 bridgehead atoms. The van der Waals surface area contributed by atoms with E-state index in [4.69, 9.17) is 4.74 Å². The van der Waals surface area contributed by atoms with Crippen LogP contribution in [0.15, 0.2) is 54.6 Å². The minimum absolute atomic E-state index is 0.174. The third-order valence-electron chi connectivity index (χ3n) is 3.28. The molecule has 2 aromatic carbocycles. The maximum atomic E-state index is 11.7. The molecular formula is C19H20N2O3. The molecule has 2 amide bonds. The van der Waals surface area contributed by atoms with Crippen LogP contribution in [0.3, 0.4) is 0 Å². The summed E-state index contributed by atoms with van der Waals surface area (Å²) >= 11 is 0. The Labute approximate surface area is 141 Å². The third kappa shape index (κ3) is 5.61. The van der Waals surface area contributed by atoms with Gasteiger partial charge in [-0.2, -0.15) is 0 Å². The molecule has 0 aliphatic heterocycles. The molecule has 0 spiro atoms. The summed E-state index contributed by atoms with van der Waals surface area (Å²) in [5, 5.41) is 0. The van der Waals surface area contributed by atoms with Crippen LogP contribution in [-0.2, 0) is 9.59 Å². The van der Waals surface area contributed by atoms with Gasteiger partial charge in [0.1, 0.15) is 5.75 Å². The second kappa shape index (κ2) is 8.53. The number of nitrogens with one attached hydrogen (secondary N) is 2. The van der Waals surface area contributed by atoms with Gasteiger partial charge in [0.2, 0.25) is 0 Å². The minimum Gasteiger partial charge on any atom is -0.483 e. The Morgan fingerprint density at radius 3 is 2.42 bits per heavy atom. The third-order valence-corrected chi connectivity index (χ3v) is 3.28. The van der Waals surface area contributed by atoms with Crippen LogP contribution in [0.4, 0.5) is 0 Å². The first-order valence-corrected chi connectivity index (χ1v) is 7.56. The first kappa shape index (κ1) is 17.3. The van der Waals surface area contributed by atoms with E-state index in [1.165, 1.54) is 6.08 Å². The van der Waals surface area contributed by atoms with Gasteiger partial charge in [-0.1, -0.05) is 48.0 Å². The molecule has 0 unspecified atom stereocenters. The van der Waals surface area contributed by atoms with E-state index < -0.39 is 11.8 Å². The van der Waals surface area contributed by atoms with E-state index in [9.17, 15) is 9.59 Å². The summed E-state index contributed by atoms with van der Waals surface area (Å²) in [5.41, 5.74) is 7.61. The standard InChI is InChI=1S/C19H20N2O3/c1-14-7-9-16(10-8-14)11-12-18(22)20-21-19(23)13-24-17-6-4-3-5-15(17)2/h3-12H,13H2,1-2H3,(H,20,22)(H,21,23)/b12-11+. The molecule has 0 heterocycles. The van der Waals surface area contributed by atoms with Crippen LogP contribution < -0.4 is 15.6 Å². The molecule has 2 N–H and O–H groups in total. The summed E-state index contributed by atoms with van der Waals surface area (Å²) in [6.45, 7) is 3.71. The fourth-order valence-electron chi connectivity index (χ4n) is 1.92. The maximum Gasteiger partial charge on any atom is 0.276 e. The lowest BCUT2D eigenvalue weighted by Gasteiger charge is -2.09. The average Bonchev–Trinajstić information content (AvgIpc) is 2.58. The Morgan fingerprint density at radius 2 is 1.71 bits per heavy atom. The number of hydrogen-bond donors (Lipinski definition) is 2. The number of aryl methyl sites for hydroxylation is 2. The Morgan fingerprint density at radius 1 is 1.00 bits per heavy atom. The van der Waals surface area contributed by atoms with Gasteiger partial charge in [0.15, 0.2) is 6.61 Å². The van der Waals surface area contributed by atoms with Gasteiger partial charge in [-0.3, -0.25) is 20.4 Å². The fraction of sp³-hybridized carbons (Fsp3) is 0.158. The molecule has 2 rings (SSSR count). The van der Waals surface area contributed by atoms with E-state index >= 15 is 0 Å². The number of rotatable bonds is 5. The molecule has 124 valence electrons. The van der Waals surface area contributed by atoms with Crippen LogP contribution in [0.2, 0.25) is 0 Å². The summed E-state index contributed by atoms with van der Waals surface area (Å²) in [6.07, 6.45) is 3.03. The predicted molar refractivity (Wildman–Crippen MR) is 93.2 cm³/mol. The van der Waals surface area contributed by atoms with Gasteiger partial charge in [-0.25, -0.2) is 0 Å². The van der Waals surface area contributed by atoms with Crippen molar-refractivity contribution in [2.45, 2.75) is 13.8 Å². The monoisotopic (exact) mass is 324 g/mol. The highest BCUT2D eigenvalue weighted by Crippen LogP contribution is 2.15. The van der Waals surface area contributed by atoms with Crippen molar-refractivity contribution in [3.05, 3.63) is 71.3 Å². The summed E-state index contributed by atoms with van der Waals surface area (Å²) in [6, 6.07) is 15.1. The van der Waals surface area contributed by atoms with Crippen molar-refractivity contribution in [2.75, 3.05) is 6.61 Å². The van der Waals surface area contributed by atoms with Crippen molar-refractivity contribution in [3.63, 3.8) is 0 Å². The van der Waals surface area contributed by atoms with Crippen molar-refractivity contribution in [1.82, 2.24) is 10.9 Å². The molecule has 2 aromatic rings. The van der Waals surface area contributed by atoms with E-state index in [0.29, 0.717) is 5.75 Å². The largest absolute Gasteiger partial charge is 0.483 e. The zero-order valence-electron chi connectivity index (χ0n) is 13.7. The SMILES string of the molecule is Cc1ccc(/C=C/C(=O)NNC(=O)COc2ccccc2C)cc1. The normalized spacial score (nSPS) is 10.4. The molecule has 0 aromatic heterocycles. The van der Waals surface area contributed by atoms with Crippen molar-refractivity contribution >= 4 is 17.9 Å². The summed E-state index contributed by atoms with van der Waals surface area (Å²) in [7, 11) is 0. The van der Waals surface area contributed by atoms with Crippen LogP contribution in [0, 0.1) is 13.8 Å². The average molecular weight is 324 g/mol. The number of hydrogen-bond acceptors (Lipinski definition) is 3. The molecule has 0 saturated heterocycles. The lowest BCUT2D eigenvalue weighted by molar-refractivity contribution is -0.128. The van der Waals surface area contributed by atoms with Crippen molar-refractivity contribution in [3.8, 4) is 5.75 Å². The Hall–Kier alpha value is -3.08. The van der Waals surface area contributed by atoms with Crippen molar-refractivity contribution in [2.24, 2.45) is 0 Å². The van der Waals surface area contributed by atoms with Gasteiger partial charge in [0.25, 0.3) is 11.8 Å². The van der Waals surface area contributed by atoms with Gasteiger partial charge in [0, 0.05) is 6.08 Å². The molecule has 5 heteroatoms. The lowest BCUT2D eigenvalue weighted by Crippen LogP contribution is -2.43. The lowest BCUT2D eigenvalue weighted by atomic mass is 10.1. The molecule has 0 aliphatic carbocycles. The zero-order valence-corrected chi connectivity index (χ0v) is 13.7. The van der Waals surface area contributed by atoms with Gasteiger partial charge < -0.3 is 4.74 Å². The van der Waals surface area contributed by atoms with Crippen LogP contribution in [0.5, 0.6) is 5.75 Å². The Balaban J connectivity index is 1.74. The molecule has 0 fully saturated rings. The van der Waals surface area contributed by atoms with Crippen molar-refractivity contribution < 1.29 is 14.3 Å². The van der Waals surface area contributed by atoms with E-state index in [0.717, 1.165) is 16.7 Å². The van der Waals surface area contributed by atoms with E-state index in [1.807, 2.05) is 56.3 Å². The highest BCUT2D eigenvalue weighted by atomic mass is 16.5. The van der Waals surface area contributed by atoms with Crippen molar-refractivity contribution in [1.29, 1.82) is 0 Å². The smallest absolute Gasteiger partial charge is 0.276 e. The number of hydrazine groups is 1. The number of carbonyl (C=O) groups is 2. The summed E-state index contributed by atoms with van der Waals surface area (Å²) in [4.78, 5) is 23.3. The molecule has 5 nitrogen and oxygen atoms in total. The van der Waals surface area contributed by atoms with Gasteiger partial charge in [0.05, 0.1) is 0 Å². The zero-order chi connectivity index (χ0) is 17.4. The van der Waals surface area contributed by atoms with Crippen LogP contribution >= 0.6 is 0 Å². The summed E-state index contributed by atoms with van der Waals surface area (Å²) in [5.74, 6) is -0.214. The minimum atomic E-state index is -0.435. The van der Waals surface area contributed by atoms with Crippen LogP contribution in [0.1, 0.15) is 16.7 Å². The molecule has 0 radical (unpaired) electrons. The molecule has 0 saturated carbocycles. The molecule has 0 atom stereocenters.